The first-order chi connectivity index (χ1) is 15.5. The molecule has 160 valence electrons. The Kier molecular flexibility index (Phi) is 4.93. The summed E-state index contributed by atoms with van der Waals surface area (Å²) < 4.78 is 36.1. The number of halogens is 2. The van der Waals surface area contributed by atoms with Crippen LogP contribution in [-0.4, -0.2) is 21.2 Å². The Labute approximate surface area is 182 Å². The second-order valence-corrected chi connectivity index (χ2v) is 7.56. The number of rotatable bonds is 5. The Morgan fingerprint density at radius 3 is 2.47 bits per heavy atom. The first kappa shape index (κ1) is 19.9. The molecule has 2 heterocycles. The van der Waals surface area contributed by atoms with Crippen molar-refractivity contribution in [2.24, 2.45) is 0 Å². The predicted octanol–water partition coefficient (Wildman–Crippen LogP) is 4.73. The summed E-state index contributed by atoms with van der Waals surface area (Å²) in [5, 5.41) is 0.559. The molecule has 0 atom stereocenters. The highest BCUT2D eigenvalue weighted by molar-refractivity contribution is 6.05. The smallest absolute Gasteiger partial charge is 0.278 e. The molecule has 0 radical (unpaired) electrons. The third kappa shape index (κ3) is 3.41. The second kappa shape index (κ2) is 7.92. The molecule has 0 bridgehead atoms. The van der Waals surface area contributed by atoms with Crippen LogP contribution in [0.4, 0.5) is 8.78 Å². The minimum atomic E-state index is -0.404. The monoisotopic (exact) mass is 431 g/mol. The van der Waals surface area contributed by atoms with Crippen molar-refractivity contribution in [1.29, 1.82) is 0 Å². The minimum Gasteiger partial charge on any atom is -0.496 e. The van der Waals surface area contributed by atoms with Crippen molar-refractivity contribution in [3.63, 3.8) is 0 Å². The van der Waals surface area contributed by atoms with Crippen LogP contribution < -0.4 is 10.3 Å². The van der Waals surface area contributed by atoms with Gasteiger partial charge < -0.3 is 9.30 Å². The lowest BCUT2D eigenvalue weighted by molar-refractivity contribution is 0.408. The van der Waals surface area contributed by atoms with Gasteiger partial charge in [-0.05, 0) is 42.0 Å². The number of methoxy groups -OCH3 is 1. The van der Waals surface area contributed by atoms with Crippen molar-refractivity contribution in [2.75, 3.05) is 7.11 Å². The van der Waals surface area contributed by atoms with Crippen LogP contribution in [0.3, 0.4) is 0 Å². The molecule has 0 spiro atoms. The lowest BCUT2D eigenvalue weighted by Crippen LogP contribution is -2.23. The predicted molar refractivity (Wildman–Crippen MR) is 119 cm³/mol. The van der Waals surface area contributed by atoms with Crippen molar-refractivity contribution >= 4 is 21.9 Å². The van der Waals surface area contributed by atoms with Gasteiger partial charge in [0.1, 0.15) is 28.4 Å². The lowest BCUT2D eigenvalue weighted by atomic mass is 10.2. The average Bonchev–Trinajstić information content (AvgIpc) is 3.10. The summed E-state index contributed by atoms with van der Waals surface area (Å²) in [5.41, 5.74) is 2.89. The molecule has 5 aromatic rings. The molecule has 3 aromatic carbocycles. The van der Waals surface area contributed by atoms with Gasteiger partial charge >= 0.3 is 0 Å². The molecule has 2 aromatic heterocycles. The van der Waals surface area contributed by atoms with Crippen molar-refractivity contribution < 1.29 is 13.5 Å². The topological polar surface area (TPSA) is 49.0 Å². The quantitative estimate of drug-likeness (QED) is 0.404. The van der Waals surface area contributed by atoms with E-state index >= 15 is 0 Å². The van der Waals surface area contributed by atoms with Gasteiger partial charge in [-0.3, -0.25) is 9.36 Å². The van der Waals surface area contributed by atoms with E-state index in [0.29, 0.717) is 34.2 Å². The van der Waals surface area contributed by atoms with Crippen molar-refractivity contribution in [3.8, 4) is 5.75 Å². The standard InChI is InChI=1S/C25H19F2N3O2/c1-32-22-5-3-2-4-17(22)14-29-15-28-23-20-12-19(27)10-11-21(20)30(24(23)25(29)31)13-16-6-8-18(26)9-7-16/h2-12,15H,13-14H2,1H3. The average molecular weight is 431 g/mol. The molecule has 0 fully saturated rings. The zero-order valence-electron chi connectivity index (χ0n) is 17.3. The van der Waals surface area contributed by atoms with Crippen LogP contribution in [0.25, 0.3) is 21.9 Å². The summed E-state index contributed by atoms with van der Waals surface area (Å²) in [4.78, 5) is 18.1. The molecular weight excluding hydrogens is 412 g/mol. The highest BCUT2D eigenvalue weighted by atomic mass is 19.1. The fraction of sp³-hybridized carbons (Fsp3) is 0.120. The Hall–Kier alpha value is -4.00. The Bertz CT molecular complexity index is 1500. The van der Waals surface area contributed by atoms with Gasteiger partial charge in [-0.2, -0.15) is 0 Å². The molecule has 0 aliphatic heterocycles. The molecule has 0 unspecified atom stereocenters. The van der Waals surface area contributed by atoms with E-state index in [1.54, 1.807) is 25.3 Å². The highest BCUT2D eigenvalue weighted by Crippen LogP contribution is 2.27. The van der Waals surface area contributed by atoms with Gasteiger partial charge in [0.15, 0.2) is 0 Å². The third-order valence-corrected chi connectivity index (χ3v) is 5.58. The fourth-order valence-corrected chi connectivity index (χ4v) is 4.04. The lowest BCUT2D eigenvalue weighted by Gasteiger charge is -2.11. The number of hydrogen-bond donors (Lipinski definition) is 0. The van der Waals surface area contributed by atoms with Crippen molar-refractivity contribution in [2.45, 2.75) is 13.1 Å². The first-order valence-electron chi connectivity index (χ1n) is 10.1. The van der Waals surface area contributed by atoms with E-state index in [9.17, 15) is 13.6 Å². The molecule has 32 heavy (non-hydrogen) atoms. The van der Waals surface area contributed by atoms with Crippen molar-refractivity contribution in [3.05, 3.63) is 106 Å². The fourth-order valence-electron chi connectivity index (χ4n) is 4.04. The van der Waals surface area contributed by atoms with Crippen LogP contribution in [0.15, 0.2) is 77.9 Å². The van der Waals surface area contributed by atoms with Gasteiger partial charge in [-0.1, -0.05) is 30.3 Å². The maximum Gasteiger partial charge on any atom is 0.278 e. The van der Waals surface area contributed by atoms with E-state index in [0.717, 1.165) is 11.1 Å². The number of nitrogens with zero attached hydrogens (tertiary/aromatic N) is 3. The van der Waals surface area contributed by atoms with Crippen LogP contribution in [0.2, 0.25) is 0 Å². The first-order valence-corrected chi connectivity index (χ1v) is 10.1. The van der Waals surface area contributed by atoms with E-state index < -0.39 is 5.82 Å². The summed E-state index contributed by atoms with van der Waals surface area (Å²) in [6.07, 6.45) is 1.48. The number of aromatic nitrogens is 3. The van der Waals surface area contributed by atoms with Crippen LogP contribution in [-0.2, 0) is 13.1 Å². The van der Waals surface area contributed by atoms with Gasteiger partial charge in [0.25, 0.3) is 5.56 Å². The molecule has 7 heteroatoms. The molecule has 5 nitrogen and oxygen atoms in total. The van der Waals surface area contributed by atoms with Crippen LogP contribution in [0.5, 0.6) is 5.75 Å². The molecule has 0 saturated carbocycles. The van der Waals surface area contributed by atoms with E-state index in [4.69, 9.17) is 4.74 Å². The molecule has 0 aliphatic carbocycles. The number of hydrogen-bond acceptors (Lipinski definition) is 3. The number of ether oxygens (including phenoxy) is 1. The van der Waals surface area contributed by atoms with Gasteiger partial charge in [0.2, 0.25) is 0 Å². The maximum atomic E-state index is 14.0. The molecule has 0 N–H and O–H groups in total. The van der Waals surface area contributed by atoms with Crippen molar-refractivity contribution in [1.82, 2.24) is 14.1 Å². The third-order valence-electron chi connectivity index (χ3n) is 5.58. The number of para-hydroxylation sites is 1. The molecule has 0 amide bonds. The molecular formula is C25H19F2N3O2. The maximum absolute atomic E-state index is 14.0. The van der Waals surface area contributed by atoms with E-state index in [2.05, 4.69) is 4.98 Å². The van der Waals surface area contributed by atoms with Gasteiger partial charge in [0.05, 0.1) is 25.5 Å². The van der Waals surface area contributed by atoms with Crippen LogP contribution >= 0.6 is 0 Å². The Morgan fingerprint density at radius 1 is 0.938 bits per heavy atom. The summed E-state index contributed by atoms with van der Waals surface area (Å²) in [7, 11) is 1.58. The zero-order chi connectivity index (χ0) is 22.2. The summed E-state index contributed by atoms with van der Waals surface area (Å²) >= 11 is 0. The number of benzene rings is 3. The molecule has 0 aliphatic rings. The minimum absolute atomic E-state index is 0.250. The van der Waals surface area contributed by atoms with E-state index in [1.165, 1.54) is 35.2 Å². The molecule has 5 rings (SSSR count). The Balaban J connectivity index is 1.71. The summed E-state index contributed by atoms with van der Waals surface area (Å²) in [5.74, 6) is -0.0642. The van der Waals surface area contributed by atoms with Gasteiger partial charge in [-0.15, -0.1) is 0 Å². The summed E-state index contributed by atoms with van der Waals surface area (Å²) in [6.45, 7) is 0.597. The van der Waals surface area contributed by atoms with Crippen LogP contribution in [0.1, 0.15) is 11.1 Å². The Morgan fingerprint density at radius 2 is 1.69 bits per heavy atom. The van der Waals surface area contributed by atoms with Gasteiger partial charge in [-0.25, -0.2) is 13.8 Å². The van der Waals surface area contributed by atoms with E-state index in [1.807, 2.05) is 28.8 Å². The zero-order valence-corrected chi connectivity index (χ0v) is 17.3. The summed E-state index contributed by atoms with van der Waals surface area (Å²) in [6, 6.07) is 17.9. The van der Waals surface area contributed by atoms with E-state index in [-0.39, 0.29) is 17.9 Å². The molecule has 0 saturated heterocycles. The SMILES string of the molecule is COc1ccccc1Cn1cnc2c3cc(F)ccc3n(Cc3ccc(F)cc3)c2c1=O. The van der Waals surface area contributed by atoms with Gasteiger partial charge in [0, 0.05) is 17.5 Å². The largest absolute Gasteiger partial charge is 0.496 e. The second-order valence-electron chi connectivity index (χ2n) is 7.56. The number of fused-ring (bicyclic) bond motifs is 3. The highest BCUT2D eigenvalue weighted by Gasteiger charge is 2.18. The van der Waals surface area contributed by atoms with Crippen LogP contribution in [0, 0.1) is 11.6 Å². The normalized spacial score (nSPS) is 11.3.